The van der Waals surface area contributed by atoms with Gasteiger partial charge in [-0.1, -0.05) is 0 Å². The molecule has 6 nitrogen and oxygen atoms in total. The summed E-state index contributed by atoms with van der Waals surface area (Å²) in [5.41, 5.74) is 0. The molecule has 15 heavy (non-hydrogen) atoms. The second-order valence-corrected chi connectivity index (χ2v) is 5.11. The highest BCUT2D eigenvalue weighted by Gasteiger charge is 2.26. The maximum Gasteiger partial charge on any atom is 0.277 e. The van der Waals surface area contributed by atoms with Gasteiger partial charge in [0.05, 0.1) is 0 Å². The number of rotatable bonds is 6. The van der Waals surface area contributed by atoms with E-state index in [2.05, 4.69) is 19.4 Å². The predicted molar refractivity (Wildman–Crippen MR) is 55.4 cm³/mol. The van der Waals surface area contributed by atoms with E-state index in [0.717, 1.165) is 18.7 Å². The molecule has 0 unspecified atom stereocenters. The van der Waals surface area contributed by atoms with Gasteiger partial charge >= 0.3 is 0 Å². The SMILES string of the molecule is O=S(=O)(NCCc1ncc[nH]1)NC1CC1. The minimum Gasteiger partial charge on any atom is -0.349 e. The average Bonchev–Trinajstić information content (AvgIpc) is 2.81. The Hall–Kier alpha value is -0.920. The molecule has 0 spiro atoms. The first kappa shape index (κ1) is 10.6. The zero-order chi connectivity index (χ0) is 10.7. The molecule has 3 N–H and O–H groups in total. The molecule has 0 aliphatic heterocycles. The van der Waals surface area contributed by atoms with E-state index in [9.17, 15) is 8.42 Å². The number of H-pyrrole nitrogens is 1. The van der Waals surface area contributed by atoms with Crippen molar-refractivity contribution in [3.63, 3.8) is 0 Å². The maximum absolute atomic E-state index is 11.4. The summed E-state index contributed by atoms with van der Waals surface area (Å²) in [7, 11) is -3.31. The Bertz CT molecular complexity index is 396. The molecular formula is C8H14N4O2S. The number of hydrogen-bond acceptors (Lipinski definition) is 3. The van der Waals surface area contributed by atoms with Crippen LogP contribution in [-0.2, 0) is 16.6 Å². The number of imidazole rings is 1. The van der Waals surface area contributed by atoms with E-state index in [1.165, 1.54) is 0 Å². The molecule has 1 aromatic rings. The summed E-state index contributed by atoms with van der Waals surface area (Å²) < 4.78 is 27.7. The summed E-state index contributed by atoms with van der Waals surface area (Å²) in [5.74, 6) is 0.782. The molecule has 1 fully saturated rings. The van der Waals surface area contributed by atoms with Gasteiger partial charge in [-0.2, -0.15) is 13.1 Å². The number of aromatic amines is 1. The van der Waals surface area contributed by atoms with E-state index >= 15 is 0 Å². The topological polar surface area (TPSA) is 86.9 Å². The number of aromatic nitrogens is 2. The molecule has 0 atom stereocenters. The first-order chi connectivity index (χ1) is 7.16. The van der Waals surface area contributed by atoms with Crippen LogP contribution in [0.4, 0.5) is 0 Å². The Morgan fingerprint density at radius 2 is 2.33 bits per heavy atom. The van der Waals surface area contributed by atoms with Gasteiger partial charge in [-0.05, 0) is 12.8 Å². The highest BCUT2D eigenvalue weighted by atomic mass is 32.2. The summed E-state index contributed by atoms with van der Waals surface area (Å²) in [6.07, 6.45) is 5.81. The van der Waals surface area contributed by atoms with Crippen molar-refractivity contribution in [2.45, 2.75) is 25.3 Å². The van der Waals surface area contributed by atoms with Crippen molar-refractivity contribution < 1.29 is 8.42 Å². The van der Waals surface area contributed by atoms with Crippen molar-refractivity contribution >= 4 is 10.2 Å². The lowest BCUT2D eigenvalue weighted by atomic mass is 10.4. The third-order valence-corrected chi connectivity index (χ3v) is 3.34. The standard InChI is InChI=1S/C8H14N4O2S/c13-15(14,12-7-1-2-7)11-4-3-8-9-5-6-10-8/h5-7,11-12H,1-4H2,(H,9,10). The zero-order valence-corrected chi connectivity index (χ0v) is 9.05. The van der Waals surface area contributed by atoms with Crippen LogP contribution in [0, 0.1) is 0 Å². The Morgan fingerprint density at radius 3 is 2.93 bits per heavy atom. The normalized spacial score (nSPS) is 16.8. The summed E-state index contributed by atoms with van der Waals surface area (Å²) >= 11 is 0. The fourth-order valence-corrected chi connectivity index (χ4v) is 2.33. The minimum atomic E-state index is -3.31. The van der Waals surface area contributed by atoms with Crippen LogP contribution in [0.1, 0.15) is 18.7 Å². The third-order valence-electron chi connectivity index (χ3n) is 2.11. The van der Waals surface area contributed by atoms with Gasteiger partial charge in [0, 0.05) is 31.4 Å². The molecule has 0 radical (unpaired) electrons. The van der Waals surface area contributed by atoms with Crippen molar-refractivity contribution in [2.75, 3.05) is 6.54 Å². The molecule has 1 aliphatic carbocycles. The second-order valence-electron chi connectivity index (χ2n) is 3.58. The van der Waals surface area contributed by atoms with Gasteiger partial charge in [0.1, 0.15) is 5.82 Å². The van der Waals surface area contributed by atoms with E-state index in [1.807, 2.05) is 0 Å². The van der Waals surface area contributed by atoms with Crippen LogP contribution in [0.5, 0.6) is 0 Å². The van der Waals surface area contributed by atoms with E-state index in [1.54, 1.807) is 12.4 Å². The molecule has 2 rings (SSSR count). The van der Waals surface area contributed by atoms with Gasteiger partial charge in [-0.25, -0.2) is 9.71 Å². The summed E-state index contributed by atoms with van der Waals surface area (Å²) in [6.45, 7) is 0.357. The number of hydrogen-bond donors (Lipinski definition) is 3. The van der Waals surface area contributed by atoms with E-state index in [4.69, 9.17) is 0 Å². The van der Waals surface area contributed by atoms with Crippen LogP contribution in [0.3, 0.4) is 0 Å². The summed E-state index contributed by atoms with van der Waals surface area (Å²) in [5, 5.41) is 0. The zero-order valence-electron chi connectivity index (χ0n) is 8.23. The Morgan fingerprint density at radius 1 is 1.53 bits per heavy atom. The fraction of sp³-hybridized carbons (Fsp3) is 0.625. The van der Waals surface area contributed by atoms with Crippen molar-refractivity contribution in [2.24, 2.45) is 0 Å². The van der Waals surface area contributed by atoms with Crippen molar-refractivity contribution in [1.29, 1.82) is 0 Å². The lowest BCUT2D eigenvalue weighted by molar-refractivity contribution is 0.565. The van der Waals surface area contributed by atoms with Crippen molar-refractivity contribution in [1.82, 2.24) is 19.4 Å². The van der Waals surface area contributed by atoms with Gasteiger partial charge in [0.15, 0.2) is 0 Å². The molecule has 0 amide bonds. The van der Waals surface area contributed by atoms with Gasteiger partial charge in [-0.3, -0.25) is 0 Å². The fourth-order valence-electron chi connectivity index (χ4n) is 1.20. The number of nitrogens with zero attached hydrogens (tertiary/aromatic N) is 1. The smallest absolute Gasteiger partial charge is 0.277 e. The quantitative estimate of drug-likeness (QED) is 0.618. The van der Waals surface area contributed by atoms with Gasteiger partial charge in [0.25, 0.3) is 10.2 Å². The van der Waals surface area contributed by atoms with Crippen LogP contribution >= 0.6 is 0 Å². The van der Waals surface area contributed by atoms with Gasteiger partial charge in [-0.15, -0.1) is 0 Å². The Kier molecular flexibility index (Phi) is 3.03. The monoisotopic (exact) mass is 230 g/mol. The molecule has 1 saturated carbocycles. The minimum absolute atomic E-state index is 0.145. The van der Waals surface area contributed by atoms with E-state index < -0.39 is 10.2 Å². The second kappa shape index (κ2) is 4.30. The molecule has 0 aromatic carbocycles. The Labute approximate surface area is 88.7 Å². The van der Waals surface area contributed by atoms with E-state index in [0.29, 0.717) is 13.0 Å². The largest absolute Gasteiger partial charge is 0.349 e. The van der Waals surface area contributed by atoms with Gasteiger partial charge in [0.2, 0.25) is 0 Å². The van der Waals surface area contributed by atoms with Crippen molar-refractivity contribution in [3.8, 4) is 0 Å². The van der Waals surface area contributed by atoms with Crippen LogP contribution in [0.15, 0.2) is 12.4 Å². The summed E-state index contributed by atoms with van der Waals surface area (Å²) in [6, 6.07) is 0.145. The lowest BCUT2D eigenvalue weighted by Crippen LogP contribution is -2.38. The highest BCUT2D eigenvalue weighted by Crippen LogP contribution is 2.19. The van der Waals surface area contributed by atoms with Crippen molar-refractivity contribution in [3.05, 3.63) is 18.2 Å². The van der Waals surface area contributed by atoms with Crippen LogP contribution < -0.4 is 9.44 Å². The highest BCUT2D eigenvalue weighted by molar-refractivity contribution is 7.87. The molecule has 84 valence electrons. The predicted octanol–water partition coefficient (Wildman–Crippen LogP) is -0.461. The number of nitrogens with one attached hydrogen (secondary N) is 3. The van der Waals surface area contributed by atoms with E-state index in [-0.39, 0.29) is 6.04 Å². The third kappa shape index (κ3) is 3.61. The van der Waals surface area contributed by atoms with Crippen LogP contribution in [0.25, 0.3) is 0 Å². The lowest BCUT2D eigenvalue weighted by Gasteiger charge is -2.05. The van der Waals surface area contributed by atoms with Crippen LogP contribution in [0.2, 0.25) is 0 Å². The van der Waals surface area contributed by atoms with Crippen LogP contribution in [-0.4, -0.2) is 31.0 Å². The average molecular weight is 230 g/mol. The maximum atomic E-state index is 11.4. The molecular weight excluding hydrogens is 216 g/mol. The molecule has 1 heterocycles. The Balaban J connectivity index is 1.72. The molecule has 1 aromatic heterocycles. The molecule has 0 bridgehead atoms. The summed E-state index contributed by atoms with van der Waals surface area (Å²) in [4.78, 5) is 6.91. The van der Waals surface area contributed by atoms with Gasteiger partial charge < -0.3 is 4.98 Å². The molecule has 7 heteroatoms. The molecule has 1 aliphatic rings. The first-order valence-corrected chi connectivity index (χ1v) is 6.39. The first-order valence-electron chi connectivity index (χ1n) is 4.91. The molecule has 0 saturated heterocycles.